The molecule has 0 saturated heterocycles. The number of hydrogen-bond acceptors (Lipinski definition) is 1. The van der Waals surface area contributed by atoms with Crippen LogP contribution in [-0.2, 0) is 11.0 Å². The molecule has 0 aliphatic rings. The average Bonchev–Trinajstić information content (AvgIpc) is 2.54. The van der Waals surface area contributed by atoms with Gasteiger partial charge in [0.25, 0.3) is 0 Å². The van der Waals surface area contributed by atoms with E-state index in [0.29, 0.717) is 12.1 Å². The number of allylic oxidation sites excluding steroid dienone is 1. The molecule has 7 heteroatoms. The first-order valence-electron chi connectivity index (χ1n) is 7.11. The Morgan fingerprint density at radius 1 is 0.800 bits per heavy atom. The van der Waals surface area contributed by atoms with E-state index >= 15 is 0 Å². The standard InChI is InChI=1S/C18H12F6O/c19-17(20,21)14-8-6-13(7-9-14)16(12-4-2-1-3-5-12)15(10-11-25)18(22,23)24/h1-9,11H,10H2/b16-15-. The highest BCUT2D eigenvalue weighted by atomic mass is 19.4. The van der Waals surface area contributed by atoms with E-state index in [4.69, 9.17) is 0 Å². The summed E-state index contributed by atoms with van der Waals surface area (Å²) >= 11 is 0. The van der Waals surface area contributed by atoms with E-state index in [1.165, 1.54) is 24.3 Å². The molecule has 0 radical (unpaired) electrons. The Morgan fingerprint density at radius 3 is 1.76 bits per heavy atom. The van der Waals surface area contributed by atoms with Gasteiger partial charge in [-0.15, -0.1) is 0 Å². The minimum atomic E-state index is -4.80. The van der Waals surface area contributed by atoms with Crippen LogP contribution in [0.2, 0.25) is 0 Å². The van der Waals surface area contributed by atoms with Gasteiger partial charge in [-0.2, -0.15) is 26.3 Å². The SMILES string of the molecule is O=CC/C(=C(\c1ccccc1)c1ccc(C(F)(F)F)cc1)C(F)(F)F. The molecule has 0 spiro atoms. The summed E-state index contributed by atoms with van der Waals surface area (Å²) in [5, 5.41) is 0. The number of halogens is 6. The van der Waals surface area contributed by atoms with Crippen LogP contribution in [0.5, 0.6) is 0 Å². The van der Waals surface area contributed by atoms with Gasteiger partial charge in [0.15, 0.2) is 0 Å². The Labute approximate surface area is 139 Å². The summed E-state index contributed by atoms with van der Waals surface area (Å²) < 4.78 is 78.2. The predicted octanol–water partition coefficient (Wildman–Crippen LogP) is 5.66. The monoisotopic (exact) mass is 358 g/mol. The molecule has 0 bridgehead atoms. The molecule has 0 saturated carbocycles. The van der Waals surface area contributed by atoms with Crippen LogP contribution in [-0.4, -0.2) is 12.5 Å². The number of hydrogen-bond donors (Lipinski definition) is 0. The summed E-state index contributed by atoms with van der Waals surface area (Å²) in [5.41, 5.74) is -2.26. The summed E-state index contributed by atoms with van der Waals surface area (Å²) in [6.45, 7) is 0. The molecule has 0 amide bonds. The fraction of sp³-hybridized carbons (Fsp3) is 0.167. The number of rotatable bonds is 4. The molecule has 0 atom stereocenters. The van der Waals surface area contributed by atoms with Gasteiger partial charge in [-0.1, -0.05) is 42.5 Å². The smallest absolute Gasteiger partial charge is 0.303 e. The zero-order chi connectivity index (χ0) is 18.7. The lowest BCUT2D eigenvalue weighted by Gasteiger charge is -2.18. The van der Waals surface area contributed by atoms with Gasteiger partial charge in [0, 0.05) is 12.0 Å². The largest absolute Gasteiger partial charge is 0.416 e. The minimum absolute atomic E-state index is 0.0478. The number of carbonyl (C=O) groups is 1. The molecule has 0 aliphatic carbocycles. The highest BCUT2D eigenvalue weighted by Crippen LogP contribution is 2.38. The average molecular weight is 358 g/mol. The van der Waals surface area contributed by atoms with E-state index in [1.54, 1.807) is 6.07 Å². The quantitative estimate of drug-likeness (QED) is 0.509. The zero-order valence-corrected chi connectivity index (χ0v) is 12.7. The van der Waals surface area contributed by atoms with Crippen molar-refractivity contribution in [2.75, 3.05) is 0 Å². The van der Waals surface area contributed by atoms with Gasteiger partial charge in [0.1, 0.15) is 6.29 Å². The van der Waals surface area contributed by atoms with Crippen LogP contribution in [0.25, 0.3) is 5.57 Å². The van der Waals surface area contributed by atoms with Crippen molar-refractivity contribution < 1.29 is 31.1 Å². The van der Waals surface area contributed by atoms with E-state index in [2.05, 4.69) is 0 Å². The molecule has 2 aromatic carbocycles. The van der Waals surface area contributed by atoms with Crippen molar-refractivity contribution in [2.45, 2.75) is 18.8 Å². The lowest BCUT2D eigenvalue weighted by molar-refractivity contribution is -0.137. The van der Waals surface area contributed by atoms with Crippen molar-refractivity contribution in [2.24, 2.45) is 0 Å². The van der Waals surface area contributed by atoms with Gasteiger partial charge in [-0.3, -0.25) is 0 Å². The van der Waals surface area contributed by atoms with E-state index in [1.807, 2.05) is 0 Å². The van der Waals surface area contributed by atoms with Crippen LogP contribution >= 0.6 is 0 Å². The van der Waals surface area contributed by atoms with Crippen LogP contribution in [0.4, 0.5) is 26.3 Å². The van der Waals surface area contributed by atoms with Crippen molar-refractivity contribution >= 4 is 11.9 Å². The van der Waals surface area contributed by atoms with Crippen LogP contribution in [0.3, 0.4) is 0 Å². The summed E-state index contributed by atoms with van der Waals surface area (Å²) in [7, 11) is 0. The third-order valence-corrected chi connectivity index (χ3v) is 3.49. The molecule has 0 N–H and O–H groups in total. The Balaban J connectivity index is 2.70. The van der Waals surface area contributed by atoms with Gasteiger partial charge in [-0.05, 0) is 28.8 Å². The topological polar surface area (TPSA) is 17.1 Å². The van der Waals surface area contributed by atoms with Crippen molar-refractivity contribution in [1.29, 1.82) is 0 Å². The second-order valence-electron chi connectivity index (χ2n) is 5.16. The second-order valence-corrected chi connectivity index (χ2v) is 5.16. The number of aldehydes is 1. The van der Waals surface area contributed by atoms with Gasteiger partial charge in [0.2, 0.25) is 0 Å². The molecular formula is C18H12F6O. The first-order chi connectivity index (χ1) is 11.6. The first kappa shape index (κ1) is 18.8. The maximum atomic E-state index is 13.4. The van der Waals surface area contributed by atoms with E-state index in [0.717, 1.165) is 12.1 Å². The molecule has 0 heterocycles. The Hall–Kier alpha value is -2.57. The third-order valence-electron chi connectivity index (χ3n) is 3.49. The molecule has 2 rings (SSSR count). The van der Waals surface area contributed by atoms with Crippen LogP contribution in [0.15, 0.2) is 60.2 Å². The highest BCUT2D eigenvalue weighted by Gasteiger charge is 2.37. The lowest BCUT2D eigenvalue weighted by Crippen LogP contribution is -2.15. The van der Waals surface area contributed by atoms with Gasteiger partial charge < -0.3 is 4.79 Å². The molecule has 0 unspecified atom stereocenters. The fourth-order valence-corrected chi connectivity index (χ4v) is 2.39. The normalized spacial score (nSPS) is 13.4. The van der Waals surface area contributed by atoms with E-state index in [-0.39, 0.29) is 23.0 Å². The van der Waals surface area contributed by atoms with Crippen LogP contribution < -0.4 is 0 Å². The fourth-order valence-electron chi connectivity index (χ4n) is 2.39. The molecular weight excluding hydrogens is 346 g/mol. The van der Waals surface area contributed by atoms with Gasteiger partial charge in [0.05, 0.1) is 5.56 Å². The predicted molar refractivity (Wildman–Crippen MR) is 80.6 cm³/mol. The van der Waals surface area contributed by atoms with Gasteiger partial charge in [-0.25, -0.2) is 0 Å². The molecule has 0 aromatic heterocycles. The maximum absolute atomic E-state index is 13.4. The summed E-state index contributed by atoms with van der Waals surface area (Å²) in [4.78, 5) is 10.7. The van der Waals surface area contributed by atoms with Crippen LogP contribution in [0, 0.1) is 0 Å². The summed E-state index contributed by atoms with van der Waals surface area (Å²) in [5.74, 6) is 0. The van der Waals surface area contributed by atoms with Crippen molar-refractivity contribution in [3.63, 3.8) is 0 Å². The third kappa shape index (κ3) is 4.49. The molecule has 1 nitrogen and oxygen atoms in total. The highest BCUT2D eigenvalue weighted by molar-refractivity contribution is 5.84. The van der Waals surface area contributed by atoms with Crippen LogP contribution in [0.1, 0.15) is 23.1 Å². The molecule has 25 heavy (non-hydrogen) atoms. The number of carbonyl (C=O) groups excluding carboxylic acids is 1. The number of alkyl halides is 6. The van der Waals surface area contributed by atoms with E-state index in [9.17, 15) is 31.1 Å². The Morgan fingerprint density at radius 2 is 1.32 bits per heavy atom. The molecule has 0 aliphatic heterocycles. The zero-order valence-electron chi connectivity index (χ0n) is 12.7. The minimum Gasteiger partial charge on any atom is -0.303 e. The molecule has 132 valence electrons. The molecule has 0 fully saturated rings. The van der Waals surface area contributed by atoms with Gasteiger partial charge >= 0.3 is 12.4 Å². The Kier molecular flexibility index (Phi) is 5.35. The first-order valence-corrected chi connectivity index (χ1v) is 7.11. The maximum Gasteiger partial charge on any atom is 0.416 e. The second kappa shape index (κ2) is 7.13. The lowest BCUT2D eigenvalue weighted by atomic mass is 9.91. The van der Waals surface area contributed by atoms with E-state index < -0.39 is 29.9 Å². The number of benzene rings is 2. The van der Waals surface area contributed by atoms with Crippen molar-refractivity contribution in [3.8, 4) is 0 Å². The Bertz CT molecular complexity index is 755. The summed E-state index contributed by atoms with van der Waals surface area (Å²) in [6.07, 6.45) is -10.2. The summed E-state index contributed by atoms with van der Waals surface area (Å²) in [6, 6.07) is 10.8. The van der Waals surface area contributed by atoms with Crippen molar-refractivity contribution in [1.82, 2.24) is 0 Å². The van der Waals surface area contributed by atoms with Crippen molar-refractivity contribution in [3.05, 3.63) is 76.9 Å². The molecule has 2 aromatic rings.